The van der Waals surface area contributed by atoms with Gasteiger partial charge < -0.3 is 21.3 Å². The van der Waals surface area contributed by atoms with Crippen LogP contribution in [0.2, 0.25) is 0 Å². The van der Waals surface area contributed by atoms with E-state index in [-0.39, 0.29) is 23.9 Å². The Morgan fingerprint density at radius 2 is 1.15 bits per heavy atom. The van der Waals surface area contributed by atoms with Crippen LogP contribution in [-0.2, 0) is 13.1 Å². The lowest BCUT2D eigenvalue weighted by molar-refractivity contribution is 0.131. The summed E-state index contributed by atoms with van der Waals surface area (Å²) in [5.41, 5.74) is 13.1. The highest BCUT2D eigenvalue weighted by Gasteiger charge is 2.26. The maximum Gasteiger partial charge on any atom is 0.229 e. The van der Waals surface area contributed by atoms with Crippen molar-refractivity contribution in [3.8, 4) is 0 Å². The van der Waals surface area contributed by atoms with Crippen molar-refractivity contribution >= 4 is 23.8 Å². The quantitative estimate of drug-likeness (QED) is 0.492. The molecule has 11 nitrogen and oxygen atoms in total. The molecule has 33 heavy (non-hydrogen) atoms. The monoisotopic (exact) mass is 451 g/mol. The number of anilines is 4. The second-order valence-corrected chi connectivity index (χ2v) is 8.61. The first-order valence-electron chi connectivity index (χ1n) is 10.8. The summed E-state index contributed by atoms with van der Waals surface area (Å²) in [6.07, 6.45) is 0. The van der Waals surface area contributed by atoms with Crippen molar-refractivity contribution in [2.75, 3.05) is 49.5 Å². The molecule has 176 valence electrons. The highest BCUT2D eigenvalue weighted by molar-refractivity contribution is 5.34. The molecule has 0 aliphatic carbocycles. The van der Waals surface area contributed by atoms with Gasteiger partial charge in [-0.15, -0.1) is 0 Å². The summed E-state index contributed by atoms with van der Waals surface area (Å²) in [5.74, 6) is 2.82. The molecule has 0 saturated carbocycles. The molecule has 0 aliphatic rings. The first kappa shape index (κ1) is 24.1. The Bertz CT molecular complexity index is 994. The molecule has 0 aliphatic heterocycles. The largest absolute Gasteiger partial charge is 0.368 e. The molecule has 0 unspecified atom stereocenters. The Labute approximate surface area is 194 Å². The molecule has 4 N–H and O–H groups in total. The van der Waals surface area contributed by atoms with E-state index in [1.165, 1.54) is 5.56 Å². The minimum atomic E-state index is 0.0489. The number of hydrogen-bond acceptors (Lipinski definition) is 11. The van der Waals surface area contributed by atoms with Crippen LogP contribution < -0.4 is 21.3 Å². The van der Waals surface area contributed by atoms with Crippen molar-refractivity contribution in [2.24, 2.45) is 5.92 Å². The van der Waals surface area contributed by atoms with E-state index in [0.29, 0.717) is 36.6 Å². The summed E-state index contributed by atoms with van der Waals surface area (Å²) in [7, 11) is 7.47. The molecule has 11 heteroatoms. The van der Waals surface area contributed by atoms with E-state index in [1.54, 1.807) is 9.80 Å². The van der Waals surface area contributed by atoms with Gasteiger partial charge in [-0.05, 0) is 11.5 Å². The number of rotatable bonds is 9. The van der Waals surface area contributed by atoms with Gasteiger partial charge in [-0.3, -0.25) is 4.90 Å². The number of benzene rings is 1. The zero-order valence-corrected chi connectivity index (χ0v) is 20.1. The average Bonchev–Trinajstić information content (AvgIpc) is 2.73. The van der Waals surface area contributed by atoms with Crippen molar-refractivity contribution in [1.29, 1.82) is 0 Å². The van der Waals surface area contributed by atoms with Crippen LogP contribution >= 0.6 is 0 Å². The van der Waals surface area contributed by atoms with Gasteiger partial charge in [0.15, 0.2) is 0 Å². The van der Waals surface area contributed by atoms with Gasteiger partial charge >= 0.3 is 0 Å². The van der Waals surface area contributed by atoms with E-state index in [4.69, 9.17) is 11.5 Å². The van der Waals surface area contributed by atoms with Gasteiger partial charge in [0, 0.05) is 34.2 Å². The van der Waals surface area contributed by atoms with Gasteiger partial charge in [-0.1, -0.05) is 44.2 Å². The topological polar surface area (TPSA) is 139 Å². The SMILES string of the molecule is CC(C)[C@H](c1ccccc1)N(Cc1nc(N)nc(N(C)C)n1)Cc1nc(N)nc(N(C)C)n1. The van der Waals surface area contributed by atoms with Crippen molar-refractivity contribution in [1.82, 2.24) is 34.8 Å². The smallest absolute Gasteiger partial charge is 0.229 e. The third kappa shape index (κ3) is 6.22. The number of nitrogens with two attached hydrogens (primary N) is 2. The maximum atomic E-state index is 5.98. The first-order valence-corrected chi connectivity index (χ1v) is 10.8. The molecule has 0 amide bonds. The van der Waals surface area contributed by atoms with Crippen LogP contribution in [0.25, 0.3) is 0 Å². The summed E-state index contributed by atoms with van der Waals surface area (Å²) in [4.78, 5) is 32.3. The summed E-state index contributed by atoms with van der Waals surface area (Å²) in [6.45, 7) is 5.22. The molecule has 0 radical (unpaired) electrons. The van der Waals surface area contributed by atoms with Crippen molar-refractivity contribution in [3.05, 3.63) is 47.5 Å². The molecule has 1 aromatic carbocycles. The standard InChI is InChI=1S/C22H33N11/c1-14(2)18(15-10-8-7-9-11-15)33(12-16-25-19(23)29-21(27-16)31(3)4)13-17-26-20(24)30-22(28-17)32(5)6/h7-11,14,18H,12-13H2,1-6H3,(H2,23,25,27,29)(H2,24,26,28,30)/t18-/m1/s1. The maximum absolute atomic E-state index is 5.98. The van der Waals surface area contributed by atoms with E-state index in [9.17, 15) is 0 Å². The summed E-state index contributed by atoms with van der Waals surface area (Å²) in [5, 5.41) is 0. The van der Waals surface area contributed by atoms with Crippen LogP contribution in [0, 0.1) is 5.92 Å². The Hall–Kier alpha value is -3.60. The fraction of sp³-hybridized carbons (Fsp3) is 0.455. The summed E-state index contributed by atoms with van der Waals surface area (Å²) >= 11 is 0. The zero-order chi connectivity index (χ0) is 24.1. The van der Waals surface area contributed by atoms with E-state index in [1.807, 2.05) is 46.4 Å². The van der Waals surface area contributed by atoms with Gasteiger partial charge in [0.25, 0.3) is 0 Å². The van der Waals surface area contributed by atoms with E-state index in [2.05, 4.69) is 60.8 Å². The molecular weight excluding hydrogens is 418 g/mol. The minimum Gasteiger partial charge on any atom is -0.368 e. The number of nitrogens with zero attached hydrogens (tertiary/aromatic N) is 9. The highest BCUT2D eigenvalue weighted by atomic mass is 15.3. The van der Waals surface area contributed by atoms with E-state index >= 15 is 0 Å². The fourth-order valence-corrected chi connectivity index (χ4v) is 3.68. The second-order valence-electron chi connectivity index (χ2n) is 8.61. The van der Waals surface area contributed by atoms with Crippen molar-refractivity contribution in [2.45, 2.75) is 33.0 Å². The molecule has 2 heterocycles. The van der Waals surface area contributed by atoms with Gasteiger partial charge in [-0.2, -0.15) is 29.9 Å². The predicted octanol–water partition coefficient (Wildman–Crippen LogP) is 1.75. The Balaban J connectivity index is 2.05. The molecule has 0 bridgehead atoms. The molecular formula is C22H33N11. The second kappa shape index (κ2) is 10.3. The lowest BCUT2D eigenvalue weighted by Gasteiger charge is -2.34. The minimum absolute atomic E-state index is 0.0489. The number of aromatic nitrogens is 6. The zero-order valence-electron chi connectivity index (χ0n) is 20.1. The predicted molar refractivity (Wildman–Crippen MR) is 130 cm³/mol. The average molecular weight is 452 g/mol. The van der Waals surface area contributed by atoms with Gasteiger partial charge in [0.2, 0.25) is 23.8 Å². The van der Waals surface area contributed by atoms with E-state index < -0.39 is 0 Å². The Morgan fingerprint density at radius 1 is 0.697 bits per heavy atom. The van der Waals surface area contributed by atoms with Crippen LogP contribution in [0.3, 0.4) is 0 Å². The molecule has 2 aromatic heterocycles. The fourth-order valence-electron chi connectivity index (χ4n) is 3.68. The first-order chi connectivity index (χ1) is 15.6. The summed E-state index contributed by atoms with van der Waals surface area (Å²) < 4.78 is 0. The van der Waals surface area contributed by atoms with Gasteiger partial charge in [0.05, 0.1) is 13.1 Å². The Morgan fingerprint density at radius 3 is 1.55 bits per heavy atom. The third-order valence-corrected chi connectivity index (χ3v) is 5.03. The number of nitrogen functional groups attached to an aromatic ring is 2. The molecule has 3 aromatic rings. The lowest BCUT2D eigenvalue weighted by atomic mass is 9.94. The van der Waals surface area contributed by atoms with Gasteiger partial charge in [-0.25, -0.2) is 0 Å². The third-order valence-electron chi connectivity index (χ3n) is 5.03. The van der Waals surface area contributed by atoms with Gasteiger partial charge in [0.1, 0.15) is 11.6 Å². The van der Waals surface area contributed by atoms with Crippen LogP contribution in [-0.4, -0.2) is 63.0 Å². The highest BCUT2D eigenvalue weighted by Crippen LogP contribution is 2.31. The van der Waals surface area contributed by atoms with Crippen LogP contribution in [0.4, 0.5) is 23.8 Å². The van der Waals surface area contributed by atoms with Crippen LogP contribution in [0.1, 0.15) is 37.1 Å². The van der Waals surface area contributed by atoms with Crippen LogP contribution in [0.15, 0.2) is 30.3 Å². The lowest BCUT2D eigenvalue weighted by Crippen LogP contribution is -2.33. The molecule has 0 fully saturated rings. The molecule has 1 atom stereocenters. The molecule has 3 rings (SSSR count). The summed E-state index contributed by atoms with van der Waals surface area (Å²) in [6, 6.07) is 10.4. The van der Waals surface area contributed by atoms with Crippen molar-refractivity contribution < 1.29 is 0 Å². The normalized spacial score (nSPS) is 12.2. The van der Waals surface area contributed by atoms with Crippen molar-refractivity contribution in [3.63, 3.8) is 0 Å². The molecule has 0 saturated heterocycles. The molecule has 0 spiro atoms. The van der Waals surface area contributed by atoms with E-state index in [0.717, 1.165) is 0 Å². The Kier molecular flexibility index (Phi) is 7.54. The number of hydrogen-bond donors (Lipinski definition) is 2. The van der Waals surface area contributed by atoms with Crippen LogP contribution in [0.5, 0.6) is 0 Å².